The maximum absolute atomic E-state index is 14.9. The van der Waals surface area contributed by atoms with Crippen LogP contribution in [0.15, 0.2) is 72.9 Å². The molecule has 180 valence electrons. The summed E-state index contributed by atoms with van der Waals surface area (Å²) in [6, 6.07) is 16.3. The lowest BCUT2D eigenvalue weighted by atomic mass is 10.1. The van der Waals surface area contributed by atoms with E-state index in [9.17, 15) is 22.4 Å². The van der Waals surface area contributed by atoms with Gasteiger partial charge in [-0.15, -0.1) is 0 Å². The molecule has 0 aliphatic rings. The molecule has 4 aromatic rings. The fourth-order valence-corrected chi connectivity index (χ4v) is 3.43. The van der Waals surface area contributed by atoms with Crippen LogP contribution in [0.5, 0.6) is 11.5 Å². The summed E-state index contributed by atoms with van der Waals surface area (Å²) >= 11 is 0. The van der Waals surface area contributed by atoms with Gasteiger partial charge < -0.3 is 9.47 Å². The minimum Gasteiger partial charge on any atom is -0.497 e. The molecule has 6 nitrogen and oxygen atoms in total. The van der Waals surface area contributed by atoms with Gasteiger partial charge in [-0.25, -0.2) is 13.8 Å². The molecule has 35 heavy (non-hydrogen) atoms. The normalized spacial score (nSPS) is 10.9. The highest BCUT2D eigenvalue weighted by Gasteiger charge is 2.21. The minimum atomic E-state index is -3.00. The number of carbonyl (C=O) groups excluding carboxylic acids is 1. The Labute approximate surface area is 197 Å². The monoisotopic (exact) mass is 485 g/mol. The van der Waals surface area contributed by atoms with Crippen LogP contribution >= 0.6 is 0 Å². The zero-order valence-electron chi connectivity index (χ0n) is 18.3. The number of ether oxygens (including phenoxy) is 2. The molecule has 0 aliphatic heterocycles. The molecule has 0 spiro atoms. The molecule has 0 radical (unpaired) electrons. The van der Waals surface area contributed by atoms with Crippen molar-refractivity contribution in [3.8, 4) is 17.2 Å². The van der Waals surface area contributed by atoms with Crippen molar-refractivity contribution >= 4 is 11.9 Å². The van der Waals surface area contributed by atoms with E-state index < -0.39 is 29.8 Å². The molecule has 1 heterocycles. The number of benzene rings is 3. The summed E-state index contributed by atoms with van der Waals surface area (Å²) in [4.78, 5) is 17.2. The molecule has 3 aromatic carbocycles. The highest BCUT2D eigenvalue weighted by Crippen LogP contribution is 2.28. The lowest BCUT2D eigenvalue weighted by Gasteiger charge is -2.12. The molecular formula is C25H19F4N3O3. The average Bonchev–Trinajstić information content (AvgIpc) is 3.20. The quantitative estimate of drug-likeness (QED) is 0.330. The summed E-state index contributed by atoms with van der Waals surface area (Å²) in [5.74, 6) is -2.77. The predicted octanol–water partition coefficient (Wildman–Crippen LogP) is 5.60. The highest BCUT2D eigenvalue weighted by atomic mass is 19.3. The lowest BCUT2D eigenvalue weighted by Crippen LogP contribution is -2.16. The standard InChI is InChI=1S/C25H19F4N3O3/c1-34-19-12-20(26)22(21(27)13-19)32-14-17(11-15-5-3-2-4-6-15)30-25(32)31-23(33)16-7-9-18(10-8-16)35-24(28)29/h2-10,12-14,24H,11H2,1H3,(H,30,31,33). The van der Waals surface area contributed by atoms with Crippen molar-refractivity contribution in [1.29, 1.82) is 0 Å². The third kappa shape index (κ3) is 5.60. The number of hydrogen-bond donors (Lipinski definition) is 1. The summed E-state index contributed by atoms with van der Waals surface area (Å²) in [6.45, 7) is -3.00. The van der Waals surface area contributed by atoms with Gasteiger partial charge in [-0.2, -0.15) is 8.78 Å². The third-order valence-corrected chi connectivity index (χ3v) is 5.02. The Kier molecular flexibility index (Phi) is 7.00. The first-order valence-electron chi connectivity index (χ1n) is 10.4. The van der Waals surface area contributed by atoms with Crippen LogP contribution in [0.4, 0.5) is 23.5 Å². The highest BCUT2D eigenvalue weighted by molar-refractivity contribution is 6.03. The third-order valence-electron chi connectivity index (χ3n) is 5.02. The van der Waals surface area contributed by atoms with Crippen molar-refractivity contribution in [3.63, 3.8) is 0 Å². The lowest BCUT2D eigenvalue weighted by molar-refractivity contribution is -0.0498. The molecule has 0 atom stereocenters. The summed E-state index contributed by atoms with van der Waals surface area (Å²) in [5.41, 5.74) is 0.997. The number of aromatic nitrogens is 2. The number of nitrogens with one attached hydrogen (secondary N) is 1. The van der Waals surface area contributed by atoms with Crippen LogP contribution in [-0.4, -0.2) is 29.2 Å². The van der Waals surface area contributed by atoms with Crippen LogP contribution < -0.4 is 14.8 Å². The van der Waals surface area contributed by atoms with E-state index in [1.165, 1.54) is 37.6 Å². The minimum absolute atomic E-state index is 0.00920. The van der Waals surface area contributed by atoms with Gasteiger partial charge in [0.05, 0.1) is 12.8 Å². The maximum Gasteiger partial charge on any atom is 0.387 e. The Morgan fingerprint density at radius 1 is 1.00 bits per heavy atom. The molecule has 1 aromatic heterocycles. The van der Waals surface area contributed by atoms with Crippen molar-refractivity contribution < 1.29 is 31.8 Å². The van der Waals surface area contributed by atoms with Crippen LogP contribution in [0, 0.1) is 11.6 Å². The summed E-state index contributed by atoms with van der Waals surface area (Å²) in [6.07, 6.45) is 1.77. The second kappa shape index (κ2) is 10.3. The van der Waals surface area contributed by atoms with Crippen LogP contribution in [0.25, 0.3) is 5.69 Å². The van der Waals surface area contributed by atoms with Gasteiger partial charge in [-0.1, -0.05) is 30.3 Å². The molecule has 0 fully saturated rings. The number of imidazole rings is 1. The second-order valence-electron chi connectivity index (χ2n) is 7.38. The molecule has 10 heteroatoms. The van der Waals surface area contributed by atoms with E-state index in [2.05, 4.69) is 15.0 Å². The van der Waals surface area contributed by atoms with E-state index in [1.54, 1.807) is 0 Å². The van der Waals surface area contributed by atoms with Crippen LogP contribution in [0.2, 0.25) is 0 Å². The smallest absolute Gasteiger partial charge is 0.387 e. The van der Waals surface area contributed by atoms with Crippen molar-refractivity contribution in [2.45, 2.75) is 13.0 Å². The van der Waals surface area contributed by atoms with Gasteiger partial charge in [0.2, 0.25) is 5.95 Å². The number of anilines is 1. The first-order valence-corrected chi connectivity index (χ1v) is 10.4. The number of nitrogens with zero attached hydrogens (tertiary/aromatic N) is 2. The fourth-order valence-electron chi connectivity index (χ4n) is 3.43. The van der Waals surface area contributed by atoms with Crippen molar-refractivity contribution in [2.24, 2.45) is 0 Å². The van der Waals surface area contributed by atoms with Gasteiger partial charge in [0.15, 0.2) is 11.6 Å². The Hall–Kier alpha value is -4.34. The first kappa shape index (κ1) is 23.8. The summed E-state index contributed by atoms with van der Waals surface area (Å²) < 4.78 is 64.7. The number of rotatable bonds is 8. The Bertz CT molecular complexity index is 1300. The Balaban J connectivity index is 1.69. The summed E-state index contributed by atoms with van der Waals surface area (Å²) in [5, 5.41) is 2.53. The average molecular weight is 485 g/mol. The van der Waals surface area contributed by atoms with Crippen LogP contribution in [-0.2, 0) is 6.42 Å². The van der Waals surface area contributed by atoms with Crippen molar-refractivity contribution in [3.05, 3.63) is 101 Å². The van der Waals surface area contributed by atoms with Gasteiger partial charge in [0, 0.05) is 30.3 Å². The molecular weight excluding hydrogens is 466 g/mol. The van der Waals surface area contributed by atoms with E-state index >= 15 is 0 Å². The van der Waals surface area contributed by atoms with Gasteiger partial charge in [-0.05, 0) is 29.8 Å². The Morgan fingerprint density at radius 3 is 2.26 bits per heavy atom. The second-order valence-corrected chi connectivity index (χ2v) is 7.38. The molecule has 1 N–H and O–H groups in total. The zero-order chi connectivity index (χ0) is 24.9. The summed E-state index contributed by atoms with van der Waals surface area (Å²) in [7, 11) is 1.28. The first-order chi connectivity index (χ1) is 16.8. The van der Waals surface area contributed by atoms with Crippen molar-refractivity contribution in [1.82, 2.24) is 9.55 Å². The number of alkyl halides is 2. The molecule has 0 bridgehead atoms. The number of hydrogen-bond acceptors (Lipinski definition) is 4. The van der Waals surface area contributed by atoms with E-state index in [0.29, 0.717) is 12.1 Å². The van der Waals surface area contributed by atoms with Gasteiger partial charge in [0.1, 0.15) is 17.2 Å². The van der Waals surface area contributed by atoms with Crippen molar-refractivity contribution in [2.75, 3.05) is 12.4 Å². The zero-order valence-corrected chi connectivity index (χ0v) is 18.3. The molecule has 0 saturated carbocycles. The molecule has 0 aliphatic carbocycles. The predicted molar refractivity (Wildman–Crippen MR) is 120 cm³/mol. The SMILES string of the molecule is COc1cc(F)c(-n2cc(Cc3ccccc3)nc2NC(=O)c2ccc(OC(F)F)cc2)c(F)c1. The van der Waals surface area contributed by atoms with E-state index in [0.717, 1.165) is 22.3 Å². The maximum atomic E-state index is 14.9. The van der Waals surface area contributed by atoms with Gasteiger partial charge in [-0.3, -0.25) is 14.7 Å². The number of amides is 1. The van der Waals surface area contributed by atoms with Gasteiger partial charge >= 0.3 is 6.61 Å². The fraction of sp³-hybridized carbons (Fsp3) is 0.120. The molecule has 0 unspecified atom stereocenters. The van der Waals surface area contributed by atoms with E-state index in [4.69, 9.17) is 4.74 Å². The number of methoxy groups -OCH3 is 1. The molecule has 4 rings (SSSR count). The molecule has 1 amide bonds. The van der Waals surface area contributed by atoms with Crippen LogP contribution in [0.1, 0.15) is 21.6 Å². The topological polar surface area (TPSA) is 65.4 Å². The number of halogens is 4. The largest absolute Gasteiger partial charge is 0.497 e. The van der Waals surface area contributed by atoms with E-state index in [-0.39, 0.29) is 23.0 Å². The van der Waals surface area contributed by atoms with Gasteiger partial charge in [0.25, 0.3) is 5.91 Å². The van der Waals surface area contributed by atoms with E-state index in [1.807, 2.05) is 30.3 Å². The van der Waals surface area contributed by atoms with Crippen LogP contribution in [0.3, 0.4) is 0 Å². The Morgan fingerprint density at radius 2 is 1.66 bits per heavy atom. The number of carbonyl (C=O) groups is 1. The molecule has 0 saturated heterocycles.